The number of rotatable bonds is 7. The highest BCUT2D eigenvalue weighted by Gasteiger charge is 2.21. The molecule has 124 valence electrons. The number of hydrogen-bond donors (Lipinski definition) is 2. The molecule has 0 bridgehead atoms. The molecule has 2 N–H and O–H groups in total. The van der Waals surface area contributed by atoms with Crippen molar-refractivity contribution in [3.63, 3.8) is 0 Å². The zero-order chi connectivity index (χ0) is 17.0. The minimum atomic E-state index is -1.06. The number of methoxy groups -OCH3 is 1. The van der Waals surface area contributed by atoms with E-state index in [2.05, 4.69) is 21.2 Å². The number of nitrogens with zero attached hydrogens (tertiary/aromatic N) is 1. The largest absolute Gasteiger partial charge is 0.480 e. The van der Waals surface area contributed by atoms with Gasteiger partial charge in [0.05, 0.1) is 0 Å². The number of carboxylic acid groups (broad SMARTS) is 1. The Hall–Kier alpha value is -1.86. The molecule has 6 nitrogen and oxygen atoms in total. The van der Waals surface area contributed by atoms with Crippen LogP contribution in [0.2, 0.25) is 0 Å². The first kappa shape index (κ1) is 17.5. The minimum Gasteiger partial charge on any atom is -0.480 e. The molecule has 0 saturated carbocycles. The summed E-state index contributed by atoms with van der Waals surface area (Å²) in [6, 6.07) is 6.79. The van der Waals surface area contributed by atoms with Crippen molar-refractivity contribution < 1.29 is 19.4 Å². The van der Waals surface area contributed by atoms with E-state index >= 15 is 0 Å². The molecule has 0 saturated heterocycles. The second-order valence-electron chi connectivity index (χ2n) is 5.24. The van der Waals surface area contributed by atoms with Crippen LogP contribution in [0.5, 0.6) is 0 Å². The van der Waals surface area contributed by atoms with Gasteiger partial charge in [-0.25, -0.2) is 4.79 Å². The summed E-state index contributed by atoms with van der Waals surface area (Å²) in [5, 5.41) is 12.7. The average Bonchev–Trinajstić information content (AvgIpc) is 2.76. The average molecular weight is 383 g/mol. The highest BCUT2D eigenvalue weighted by atomic mass is 79.9. The Bertz CT molecular complexity index is 726. The van der Waals surface area contributed by atoms with Crippen LogP contribution in [0, 0.1) is 6.92 Å². The van der Waals surface area contributed by atoms with Crippen LogP contribution < -0.4 is 5.32 Å². The van der Waals surface area contributed by atoms with Gasteiger partial charge in [0, 0.05) is 41.2 Å². The van der Waals surface area contributed by atoms with Gasteiger partial charge in [0.1, 0.15) is 12.6 Å². The van der Waals surface area contributed by atoms with Crippen LogP contribution in [0.25, 0.3) is 10.9 Å². The minimum absolute atomic E-state index is 0.0642. The lowest BCUT2D eigenvalue weighted by Crippen LogP contribution is -2.43. The van der Waals surface area contributed by atoms with E-state index in [1.165, 1.54) is 7.11 Å². The van der Waals surface area contributed by atoms with E-state index in [0.717, 1.165) is 21.1 Å². The topological polar surface area (TPSA) is 80.6 Å². The van der Waals surface area contributed by atoms with Crippen LogP contribution in [0.1, 0.15) is 12.1 Å². The lowest BCUT2D eigenvalue weighted by Gasteiger charge is -2.15. The zero-order valence-corrected chi connectivity index (χ0v) is 14.6. The number of para-hydroxylation sites is 1. The number of aliphatic carboxylic acids is 1. The molecule has 0 spiro atoms. The summed E-state index contributed by atoms with van der Waals surface area (Å²) in [5.41, 5.74) is 1.85. The summed E-state index contributed by atoms with van der Waals surface area (Å²) < 4.78 is 7.68. The predicted octanol–water partition coefficient (Wildman–Crippen LogP) is 2.32. The van der Waals surface area contributed by atoms with Crippen LogP contribution in [-0.4, -0.2) is 41.3 Å². The van der Waals surface area contributed by atoms with E-state index in [9.17, 15) is 9.59 Å². The van der Waals surface area contributed by atoms with E-state index in [1.54, 1.807) is 0 Å². The van der Waals surface area contributed by atoms with Crippen LogP contribution in [0.4, 0.5) is 0 Å². The van der Waals surface area contributed by atoms with Crippen molar-refractivity contribution in [2.45, 2.75) is 25.9 Å². The SMILES string of the molecule is COCCC(NC(=O)Cn1c(C)c(Br)c2ccccc21)C(=O)O. The van der Waals surface area contributed by atoms with Crippen molar-refractivity contribution in [3.8, 4) is 0 Å². The normalized spacial score (nSPS) is 12.3. The van der Waals surface area contributed by atoms with E-state index in [0.29, 0.717) is 0 Å². The van der Waals surface area contributed by atoms with E-state index in [1.807, 2.05) is 35.8 Å². The van der Waals surface area contributed by atoms with Gasteiger partial charge in [0.25, 0.3) is 0 Å². The Kier molecular flexibility index (Phi) is 5.79. The molecule has 1 aromatic carbocycles. The molecule has 0 radical (unpaired) electrons. The number of hydrogen-bond acceptors (Lipinski definition) is 3. The summed E-state index contributed by atoms with van der Waals surface area (Å²) in [6.07, 6.45) is 0.229. The molecule has 1 atom stereocenters. The van der Waals surface area contributed by atoms with Gasteiger partial charge in [-0.2, -0.15) is 0 Å². The third-order valence-corrected chi connectivity index (χ3v) is 4.70. The van der Waals surface area contributed by atoms with Gasteiger partial charge in [-0.3, -0.25) is 4.79 Å². The van der Waals surface area contributed by atoms with Crippen molar-refractivity contribution in [2.75, 3.05) is 13.7 Å². The fourth-order valence-corrected chi connectivity index (χ4v) is 3.02. The van der Waals surface area contributed by atoms with E-state index in [-0.39, 0.29) is 25.5 Å². The molecule has 2 aromatic rings. The number of ether oxygens (including phenoxy) is 1. The summed E-state index contributed by atoms with van der Waals surface area (Å²) in [5.74, 6) is -1.41. The Labute approximate surface area is 142 Å². The van der Waals surface area contributed by atoms with Crippen LogP contribution in [-0.2, 0) is 20.9 Å². The summed E-state index contributed by atoms with van der Waals surface area (Å²) in [6.45, 7) is 2.25. The number of carbonyl (C=O) groups excluding carboxylic acids is 1. The van der Waals surface area contributed by atoms with Crippen molar-refractivity contribution in [1.29, 1.82) is 0 Å². The summed E-state index contributed by atoms with van der Waals surface area (Å²) in [4.78, 5) is 23.4. The van der Waals surface area contributed by atoms with Crippen molar-refractivity contribution in [1.82, 2.24) is 9.88 Å². The number of carbonyl (C=O) groups is 2. The smallest absolute Gasteiger partial charge is 0.326 e. The van der Waals surface area contributed by atoms with Crippen LogP contribution >= 0.6 is 15.9 Å². The fraction of sp³-hybridized carbons (Fsp3) is 0.375. The van der Waals surface area contributed by atoms with Gasteiger partial charge in [0.2, 0.25) is 5.91 Å². The second-order valence-corrected chi connectivity index (χ2v) is 6.04. The van der Waals surface area contributed by atoms with E-state index < -0.39 is 12.0 Å². The monoisotopic (exact) mass is 382 g/mol. The molecule has 0 aliphatic rings. The number of fused-ring (bicyclic) bond motifs is 1. The number of benzene rings is 1. The molecular weight excluding hydrogens is 364 g/mol. The lowest BCUT2D eigenvalue weighted by atomic mass is 10.2. The standard InChI is InChI=1S/C16H19BrN2O4/c1-10-15(17)11-5-3-4-6-13(11)19(10)9-14(20)18-12(16(21)22)7-8-23-2/h3-6,12H,7-9H2,1-2H3,(H,18,20)(H,21,22). The number of amides is 1. The maximum absolute atomic E-state index is 12.2. The number of aromatic nitrogens is 1. The Morgan fingerprint density at radius 3 is 2.74 bits per heavy atom. The molecule has 7 heteroatoms. The maximum Gasteiger partial charge on any atom is 0.326 e. The second kappa shape index (κ2) is 7.61. The molecule has 1 aromatic heterocycles. The van der Waals surface area contributed by atoms with Crippen LogP contribution in [0.3, 0.4) is 0 Å². The molecule has 1 amide bonds. The first-order valence-electron chi connectivity index (χ1n) is 7.20. The lowest BCUT2D eigenvalue weighted by molar-refractivity contribution is -0.142. The van der Waals surface area contributed by atoms with Crippen molar-refractivity contribution in [2.24, 2.45) is 0 Å². The van der Waals surface area contributed by atoms with Crippen molar-refractivity contribution >= 4 is 38.7 Å². The molecule has 0 fully saturated rings. The third-order valence-electron chi connectivity index (χ3n) is 3.70. The zero-order valence-electron chi connectivity index (χ0n) is 13.0. The Morgan fingerprint density at radius 2 is 2.09 bits per heavy atom. The number of halogens is 1. The van der Waals surface area contributed by atoms with Gasteiger partial charge < -0.3 is 19.7 Å². The first-order chi connectivity index (χ1) is 11.0. The van der Waals surface area contributed by atoms with Gasteiger partial charge in [0.15, 0.2) is 0 Å². The number of nitrogens with one attached hydrogen (secondary N) is 1. The van der Waals surface area contributed by atoms with Gasteiger partial charge >= 0.3 is 5.97 Å². The molecule has 0 aliphatic heterocycles. The van der Waals surface area contributed by atoms with Crippen LogP contribution in [0.15, 0.2) is 28.7 Å². The van der Waals surface area contributed by atoms with Gasteiger partial charge in [-0.15, -0.1) is 0 Å². The Morgan fingerprint density at radius 1 is 1.39 bits per heavy atom. The van der Waals surface area contributed by atoms with Gasteiger partial charge in [-0.05, 0) is 28.9 Å². The quantitative estimate of drug-likeness (QED) is 0.769. The number of carboxylic acids is 1. The predicted molar refractivity (Wildman–Crippen MR) is 90.4 cm³/mol. The summed E-state index contributed by atoms with van der Waals surface area (Å²) >= 11 is 3.54. The fourth-order valence-electron chi connectivity index (χ4n) is 2.47. The molecule has 0 aliphatic carbocycles. The molecule has 1 heterocycles. The highest BCUT2D eigenvalue weighted by molar-refractivity contribution is 9.10. The molecule has 2 rings (SSSR count). The molecular formula is C16H19BrN2O4. The third kappa shape index (κ3) is 3.92. The molecule has 23 heavy (non-hydrogen) atoms. The summed E-state index contributed by atoms with van der Waals surface area (Å²) in [7, 11) is 1.49. The van der Waals surface area contributed by atoms with Gasteiger partial charge in [-0.1, -0.05) is 18.2 Å². The maximum atomic E-state index is 12.2. The van der Waals surface area contributed by atoms with E-state index in [4.69, 9.17) is 9.84 Å². The Balaban J connectivity index is 2.17. The first-order valence-corrected chi connectivity index (χ1v) is 7.99. The van der Waals surface area contributed by atoms with Crippen molar-refractivity contribution in [3.05, 3.63) is 34.4 Å². The highest BCUT2D eigenvalue weighted by Crippen LogP contribution is 2.30. The molecule has 1 unspecified atom stereocenters.